The molecule has 2 heterocycles. The number of amides is 1. The monoisotopic (exact) mass is 334 g/mol. The Hall–Kier alpha value is -2.02. The highest BCUT2D eigenvalue weighted by Gasteiger charge is 2.25. The molecule has 7 nitrogen and oxygen atoms in total. The number of carboxylic acid groups (broad SMARTS) is 1. The summed E-state index contributed by atoms with van der Waals surface area (Å²) < 4.78 is 0. The number of carbonyl (C=O) groups excluding carboxylic acids is 1. The maximum absolute atomic E-state index is 11.8. The molecule has 0 spiro atoms. The van der Waals surface area contributed by atoms with E-state index in [0.717, 1.165) is 36.6 Å². The zero-order chi connectivity index (χ0) is 17.7. The van der Waals surface area contributed by atoms with E-state index in [4.69, 9.17) is 5.11 Å². The molecule has 1 aliphatic rings. The first-order chi connectivity index (χ1) is 11.3. The molecule has 1 saturated heterocycles. The van der Waals surface area contributed by atoms with Crippen LogP contribution in [-0.4, -0.2) is 70.5 Å². The molecule has 0 bridgehead atoms. The molecule has 1 aromatic rings. The molecule has 0 aromatic carbocycles. The first-order valence-corrected chi connectivity index (χ1v) is 8.34. The van der Waals surface area contributed by atoms with Gasteiger partial charge in [0.1, 0.15) is 5.82 Å². The van der Waals surface area contributed by atoms with Gasteiger partial charge in [0.25, 0.3) is 0 Å². The summed E-state index contributed by atoms with van der Waals surface area (Å²) in [7, 11) is 3.50. The topological polar surface area (TPSA) is 86.6 Å². The SMILES string of the molecule is Cc1cc(CCC(=O)N(C)C)nc(C2CCCN(CC(=O)O)C2)n1. The number of likely N-dealkylation sites (tertiary alicyclic amines) is 1. The van der Waals surface area contributed by atoms with Crippen molar-refractivity contribution in [2.45, 2.75) is 38.5 Å². The number of carbonyl (C=O) groups is 2. The van der Waals surface area contributed by atoms with Crippen molar-refractivity contribution in [2.24, 2.45) is 0 Å². The van der Waals surface area contributed by atoms with E-state index < -0.39 is 5.97 Å². The molecule has 0 aliphatic carbocycles. The number of hydrogen-bond acceptors (Lipinski definition) is 5. The number of aryl methyl sites for hydroxylation is 2. The van der Waals surface area contributed by atoms with Gasteiger partial charge in [-0.3, -0.25) is 14.5 Å². The minimum Gasteiger partial charge on any atom is -0.480 e. The number of aromatic nitrogens is 2. The summed E-state index contributed by atoms with van der Waals surface area (Å²) in [5, 5.41) is 8.97. The maximum Gasteiger partial charge on any atom is 0.317 e. The van der Waals surface area contributed by atoms with Crippen LogP contribution in [0, 0.1) is 6.92 Å². The lowest BCUT2D eigenvalue weighted by Gasteiger charge is -2.30. The van der Waals surface area contributed by atoms with Crippen LogP contribution in [-0.2, 0) is 16.0 Å². The van der Waals surface area contributed by atoms with Crippen LogP contribution < -0.4 is 0 Å². The van der Waals surface area contributed by atoms with Crippen molar-refractivity contribution in [3.8, 4) is 0 Å². The van der Waals surface area contributed by atoms with Gasteiger partial charge in [-0.2, -0.15) is 0 Å². The standard InChI is InChI=1S/C17H26N4O3/c1-12-9-14(6-7-15(22)20(2)3)19-17(18-12)13-5-4-8-21(10-13)11-16(23)24/h9,13H,4-8,10-11H2,1-3H3,(H,23,24). The molecule has 1 atom stereocenters. The lowest BCUT2D eigenvalue weighted by Crippen LogP contribution is -2.38. The van der Waals surface area contributed by atoms with Gasteiger partial charge in [-0.25, -0.2) is 9.97 Å². The Morgan fingerprint density at radius 3 is 2.79 bits per heavy atom. The number of rotatable bonds is 6. The van der Waals surface area contributed by atoms with Crippen LogP contribution in [0.4, 0.5) is 0 Å². The molecule has 0 radical (unpaired) electrons. The van der Waals surface area contributed by atoms with Crippen LogP contribution in [0.15, 0.2) is 6.07 Å². The highest BCUT2D eigenvalue weighted by molar-refractivity contribution is 5.75. The Morgan fingerprint density at radius 1 is 1.38 bits per heavy atom. The van der Waals surface area contributed by atoms with Crippen LogP contribution in [0.25, 0.3) is 0 Å². The van der Waals surface area contributed by atoms with Crippen molar-refractivity contribution >= 4 is 11.9 Å². The van der Waals surface area contributed by atoms with E-state index in [0.29, 0.717) is 19.4 Å². The Morgan fingerprint density at radius 2 is 2.12 bits per heavy atom. The number of nitrogens with zero attached hydrogens (tertiary/aromatic N) is 4. The Labute approximate surface area is 142 Å². The first-order valence-electron chi connectivity index (χ1n) is 8.34. The minimum atomic E-state index is -0.802. The molecule has 1 fully saturated rings. The van der Waals surface area contributed by atoms with Gasteiger partial charge < -0.3 is 10.0 Å². The van der Waals surface area contributed by atoms with Crippen LogP contribution in [0.3, 0.4) is 0 Å². The van der Waals surface area contributed by atoms with Crippen molar-refractivity contribution in [3.63, 3.8) is 0 Å². The van der Waals surface area contributed by atoms with Gasteiger partial charge in [0.05, 0.1) is 6.54 Å². The Kier molecular flexibility index (Phi) is 6.25. The van der Waals surface area contributed by atoms with Gasteiger partial charge in [0.2, 0.25) is 5.91 Å². The largest absolute Gasteiger partial charge is 0.480 e. The predicted molar refractivity (Wildman–Crippen MR) is 89.8 cm³/mol. The van der Waals surface area contributed by atoms with Gasteiger partial charge in [-0.15, -0.1) is 0 Å². The second-order valence-corrected chi connectivity index (χ2v) is 6.62. The first kappa shape index (κ1) is 18.3. The highest BCUT2D eigenvalue weighted by atomic mass is 16.4. The smallest absolute Gasteiger partial charge is 0.317 e. The third-order valence-corrected chi connectivity index (χ3v) is 4.25. The van der Waals surface area contributed by atoms with Gasteiger partial charge in [0, 0.05) is 44.4 Å². The molecule has 1 aliphatic heterocycles. The fourth-order valence-corrected chi connectivity index (χ4v) is 3.03. The Balaban J connectivity index is 2.07. The van der Waals surface area contributed by atoms with Crippen LogP contribution in [0.2, 0.25) is 0 Å². The van der Waals surface area contributed by atoms with E-state index in [2.05, 4.69) is 9.97 Å². The van der Waals surface area contributed by atoms with E-state index in [9.17, 15) is 9.59 Å². The Bertz CT molecular complexity index is 603. The van der Waals surface area contributed by atoms with E-state index in [1.807, 2.05) is 17.9 Å². The van der Waals surface area contributed by atoms with Gasteiger partial charge in [0.15, 0.2) is 0 Å². The molecule has 0 saturated carbocycles. The lowest BCUT2D eigenvalue weighted by atomic mass is 9.97. The van der Waals surface area contributed by atoms with Crippen molar-refractivity contribution < 1.29 is 14.7 Å². The van der Waals surface area contributed by atoms with Gasteiger partial charge in [-0.1, -0.05) is 0 Å². The van der Waals surface area contributed by atoms with Crippen LogP contribution in [0.5, 0.6) is 0 Å². The third-order valence-electron chi connectivity index (χ3n) is 4.25. The van der Waals surface area contributed by atoms with Crippen LogP contribution in [0.1, 0.15) is 42.4 Å². The average molecular weight is 334 g/mol. The molecule has 132 valence electrons. The maximum atomic E-state index is 11.8. The number of piperidine rings is 1. The molecule has 1 unspecified atom stereocenters. The number of carboxylic acids is 1. The molecule has 1 aromatic heterocycles. The minimum absolute atomic E-state index is 0.0620. The second-order valence-electron chi connectivity index (χ2n) is 6.62. The summed E-state index contributed by atoms with van der Waals surface area (Å²) in [4.78, 5) is 35.4. The van der Waals surface area contributed by atoms with Crippen molar-refractivity contribution in [1.82, 2.24) is 19.8 Å². The zero-order valence-corrected chi connectivity index (χ0v) is 14.7. The normalized spacial score (nSPS) is 18.4. The van der Waals surface area contributed by atoms with E-state index in [-0.39, 0.29) is 18.4 Å². The fourth-order valence-electron chi connectivity index (χ4n) is 3.03. The molecule has 7 heteroatoms. The van der Waals surface area contributed by atoms with Crippen molar-refractivity contribution in [1.29, 1.82) is 0 Å². The van der Waals surface area contributed by atoms with Crippen LogP contribution >= 0.6 is 0 Å². The molecule has 2 rings (SSSR count). The molecular weight excluding hydrogens is 308 g/mol. The van der Waals surface area contributed by atoms with E-state index in [1.54, 1.807) is 19.0 Å². The van der Waals surface area contributed by atoms with Gasteiger partial charge >= 0.3 is 5.97 Å². The summed E-state index contributed by atoms with van der Waals surface area (Å²) in [5.74, 6) is 0.209. The number of aliphatic carboxylic acids is 1. The highest BCUT2D eigenvalue weighted by Crippen LogP contribution is 2.25. The molecular formula is C17H26N4O3. The summed E-state index contributed by atoms with van der Waals surface area (Å²) in [6, 6.07) is 1.92. The summed E-state index contributed by atoms with van der Waals surface area (Å²) in [6.45, 7) is 3.47. The molecule has 1 N–H and O–H groups in total. The quantitative estimate of drug-likeness (QED) is 0.837. The summed E-state index contributed by atoms with van der Waals surface area (Å²) in [5.41, 5.74) is 1.77. The van der Waals surface area contributed by atoms with E-state index >= 15 is 0 Å². The summed E-state index contributed by atoms with van der Waals surface area (Å²) >= 11 is 0. The zero-order valence-electron chi connectivity index (χ0n) is 14.7. The number of hydrogen-bond donors (Lipinski definition) is 1. The predicted octanol–water partition coefficient (Wildman–Crippen LogP) is 1.07. The van der Waals surface area contributed by atoms with Crippen molar-refractivity contribution in [2.75, 3.05) is 33.7 Å². The fraction of sp³-hybridized carbons (Fsp3) is 0.647. The third kappa shape index (κ3) is 5.26. The summed E-state index contributed by atoms with van der Waals surface area (Å²) in [6.07, 6.45) is 2.94. The van der Waals surface area contributed by atoms with Crippen molar-refractivity contribution in [3.05, 3.63) is 23.3 Å². The molecule has 24 heavy (non-hydrogen) atoms. The molecule has 1 amide bonds. The van der Waals surface area contributed by atoms with E-state index in [1.165, 1.54) is 0 Å². The average Bonchev–Trinajstić information content (AvgIpc) is 2.51. The van der Waals surface area contributed by atoms with Gasteiger partial charge in [-0.05, 0) is 38.8 Å². The lowest BCUT2D eigenvalue weighted by molar-refractivity contribution is -0.138. The second kappa shape index (κ2) is 8.19.